The predicted octanol–water partition coefficient (Wildman–Crippen LogP) is 3.91. The number of aromatic nitrogens is 5. The number of carbonyl (C=O) groups is 1. The number of rotatable bonds is 9. The van der Waals surface area contributed by atoms with Crippen LogP contribution in [-0.4, -0.2) is 95.0 Å². The number of anilines is 2. The summed E-state index contributed by atoms with van der Waals surface area (Å²) in [5.74, 6) is 0.578. The Hall–Kier alpha value is -4.50. The van der Waals surface area contributed by atoms with E-state index in [2.05, 4.69) is 30.5 Å². The van der Waals surface area contributed by atoms with Gasteiger partial charge in [0, 0.05) is 81.6 Å². The van der Waals surface area contributed by atoms with Gasteiger partial charge in [-0.15, -0.1) is 0 Å². The van der Waals surface area contributed by atoms with E-state index in [0.717, 1.165) is 56.0 Å². The van der Waals surface area contributed by atoms with Crippen molar-refractivity contribution in [1.82, 2.24) is 35.1 Å². The Labute approximate surface area is 272 Å². The first-order valence-electron chi connectivity index (χ1n) is 15.8. The molecule has 0 saturated carbocycles. The topological polar surface area (TPSA) is 132 Å². The summed E-state index contributed by atoms with van der Waals surface area (Å²) >= 11 is 0. The first-order valence-corrected chi connectivity index (χ1v) is 15.8. The highest BCUT2D eigenvalue weighted by Gasteiger charge is 2.45. The normalized spacial score (nSPS) is 20.7. The van der Waals surface area contributed by atoms with Crippen molar-refractivity contribution >= 4 is 17.8 Å². The van der Waals surface area contributed by atoms with Gasteiger partial charge in [0.05, 0.1) is 18.3 Å². The van der Waals surface area contributed by atoms with Crippen LogP contribution < -0.4 is 15.5 Å². The first-order chi connectivity index (χ1) is 22.9. The van der Waals surface area contributed by atoms with Crippen molar-refractivity contribution in [2.45, 2.75) is 31.9 Å². The minimum absolute atomic E-state index is 0.313. The van der Waals surface area contributed by atoms with Crippen LogP contribution in [0.3, 0.4) is 0 Å². The van der Waals surface area contributed by atoms with Crippen LogP contribution in [0.25, 0.3) is 16.9 Å². The lowest BCUT2D eigenvalue weighted by Crippen LogP contribution is -2.59. The number of nitrogens with zero attached hydrogens (tertiary/aromatic N) is 7. The number of amides is 2. The van der Waals surface area contributed by atoms with E-state index < -0.39 is 24.1 Å². The molecule has 0 aliphatic carbocycles. The molecule has 1 spiro atoms. The van der Waals surface area contributed by atoms with E-state index in [1.54, 1.807) is 35.3 Å². The van der Waals surface area contributed by atoms with Crippen LogP contribution in [0.4, 0.5) is 21.0 Å². The van der Waals surface area contributed by atoms with Crippen molar-refractivity contribution in [2.75, 3.05) is 63.3 Å². The maximum absolute atomic E-state index is 14.0. The molecule has 2 amide bonds. The Morgan fingerprint density at radius 3 is 2.60 bits per heavy atom. The molecule has 14 heteroatoms. The van der Waals surface area contributed by atoms with Gasteiger partial charge in [0.1, 0.15) is 17.6 Å². The lowest BCUT2D eigenvalue weighted by Gasteiger charge is -2.52. The maximum atomic E-state index is 14.0. The molecule has 3 aromatic heterocycles. The fourth-order valence-corrected chi connectivity index (χ4v) is 6.56. The first kappa shape index (κ1) is 31.1. The molecular weight excluding hydrogens is 605 g/mol. The number of hydroxylamine groups is 2. The SMILES string of the molecule is COCCN1C[C@@H](NC(=O)Nc2c(C)c(-c3cnc(N4CC5(CCOCC5)C4)nc3)nn2-c2ccccc2)[C@H](c2ccnc(F)c2)O1. The van der Waals surface area contributed by atoms with Gasteiger partial charge in [-0.25, -0.2) is 24.4 Å². The monoisotopic (exact) mass is 643 g/mol. The molecule has 2 N–H and O–H groups in total. The van der Waals surface area contributed by atoms with Gasteiger partial charge in [0.15, 0.2) is 0 Å². The minimum atomic E-state index is -0.621. The second kappa shape index (κ2) is 13.3. The molecule has 1 aromatic carbocycles. The average molecular weight is 644 g/mol. The van der Waals surface area contributed by atoms with Gasteiger partial charge in [-0.3, -0.25) is 10.2 Å². The Morgan fingerprint density at radius 1 is 1.11 bits per heavy atom. The van der Waals surface area contributed by atoms with E-state index in [1.807, 2.05) is 37.3 Å². The number of carbonyl (C=O) groups excluding carboxylic acids is 1. The van der Waals surface area contributed by atoms with E-state index in [4.69, 9.17) is 19.4 Å². The van der Waals surface area contributed by atoms with Gasteiger partial charge in [0.2, 0.25) is 11.9 Å². The molecule has 6 heterocycles. The van der Waals surface area contributed by atoms with Gasteiger partial charge in [-0.2, -0.15) is 14.6 Å². The summed E-state index contributed by atoms with van der Waals surface area (Å²) in [6.45, 7) is 6.72. The largest absolute Gasteiger partial charge is 0.383 e. The predicted molar refractivity (Wildman–Crippen MR) is 171 cm³/mol. The lowest BCUT2D eigenvalue weighted by molar-refractivity contribution is -0.154. The van der Waals surface area contributed by atoms with E-state index in [9.17, 15) is 9.18 Å². The van der Waals surface area contributed by atoms with Gasteiger partial charge in [-0.05, 0) is 49.6 Å². The maximum Gasteiger partial charge on any atom is 0.320 e. The third-order valence-corrected chi connectivity index (χ3v) is 9.12. The molecule has 3 fully saturated rings. The fraction of sp³-hybridized carbons (Fsp3) is 0.424. The summed E-state index contributed by atoms with van der Waals surface area (Å²) in [6.07, 6.45) is 6.49. The summed E-state index contributed by atoms with van der Waals surface area (Å²) in [4.78, 5) is 34.9. The van der Waals surface area contributed by atoms with E-state index in [1.165, 1.54) is 12.3 Å². The van der Waals surface area contributed by atoms with Crippen LogP contribution >= 0.6 is 0 Å². The number of halogens is 1. The number of para-hydroxylation sites is 1. The number of ether oxygens (including phenoxy) is 2. The molecule has 0 bridgehead atoms. The average Bonchev–Trinajstić information content (AvgIpc) is 3.63. The zero-order valence-electron chi connectivity index (χ0n) is 26.4. The smallest absolute Gasteiger partial charge is 0.320 e. The van der Waals surface area contributed by atoms with Crippen molar-refractivity contribution in [2.24, 2.45) is 5.41 Å². The minimum Gasteiger partial charge on any atom is -0.383 e. The van der Waals surface area contributed by atoms with E-state index >= 15 is 0 Å². The van der Waals surface area contributed by atoms with Crippen LogP contribution in [0, 0.1) is 18.3 Å². The summed E-state index contributed by atoms with van der Waals surface area (Å²) in [6, 6.07) is 11.6. The van der Waals surface area contributed by atoms with Crippen LogP contribution in [0.5, 0.6) is 0 Å². The third-order valence-electron chi connectivity index (χ3n) is 9.12. The van der Waals surface area contributed by atoms with Gasteiger partial charge in [-0.1, -0.05) is 18.2 Å². The quantitative estimate of drug-likeness (QED) is 0.259. The highest BCUT2D eigenvalue weighted by molar-refractivity contribution is 5.91. The number of methoxy groups -OCH3 is 1. The number of hydrogen-bond acceptors (Lipinski definition) is 10. The molecule has 246 valence electrons. The van der Waals surface area contributed by atoms with Crippen molar-refractivity contribution < 1.29 is 23.5 Å². The van der Waals surface area contributed by atoms with Crippen molar-refractivity contribution in [1.29, 1.82) is 0 Å². The zero-order valence-corrected chi connectivity index (χ0v) is 26.4. The third kappa shape index (κ3) is 6.54. The molecule has 13 nitrogen and oxygen atoms in total. The van der Waals surface area contributed by atoms with Gasteiger partial charge in [0.25, 0.3) is 0 Å². The highest BCUT2D eigenvalue weighted by Crippen LogP contribution is 2.41. The lowest BCUT2D eigenvalue weighted by atomic mass is 9.73. The highest BCUT2D eigenvalue weighted by atomic mass is 19.1. The standard InChI is InChI=1S/C33H38FN9O4/c1-22-28(24-17-36-31(37-18-24)41-20-33(21-41)9-13-46-14-10-33)40-43(25-6-4-3-5-7-25)30(22)39-32(44)38-26-19-42(12-15-45-2)47-29(26)23-8-11-35-27(34)16-23/h3-8,11,16-18,26,29H,9-10,12-15,19-21H2,1-2H3,(H2,38,39,44)/t26-,29+/m1/s1. The molecule has 47 heavy (non-hydrogen) atoms. The molecule has 4 aromatic rings. The zero-order chi connectivity index (χ0) is 32.4. The molecule has 3 saturated heterocycles. The number of hydrogen-bond donors (Lipinski definition) is 2. The molecule has 3 aliphatic heterocycles. The van der Waals surface area contributed by atoms with Crippen LogP contribution in [-0.2, 0) is 14.3 Å². The Kier molecular flexibility index (Phi) is 8.82. The van der Waals surface area contributed by atoms with Crippen molar-refractivity contribution in [3.63, 3.8) is 0 Å². The van der Waals surface area contributed by atoms with Crippen molar-refractivity contribution in [3.8, 4) is 16.9 Å². The Morgan fingerprint density at radius 2 is 1.87 bits per heavy atom. The van der Waals surface area contributed by atoms with Crippen LogP contribution in [0.15, 0.2) is 61.1 Å². The second-order valence-electron chi connectivity index (χ2n) is 12.3. The summed E-state index contributed by atoms with van der Waals surface area (Å²) in [7, 11) is 1.61. The summed E-state index contributed by atoms with van der Waals surface area (Å²) in [5, 5.41) is 12.7. The van der Waals surface area contributed by atoms with Gasteiger partial charge < -0.3 is 19.7 Å². The van der Waals surface area contributed by atoms with Crippen LogP contribution in [0.2, 0.25) is 0 Å². The molecule has 7 rings (SSSR count). The molecule has 3 aliphatic rings. The number of pyridine rings is 1. The Balaban J connectivity index is 1.11. The van der Waals surface area contributed by atoms with Crippen LogP contribution in [0.1, 0.15) is 30.1 Å². The molecule has 2 atom stereocenters. The number of urea groups is 1. The fourth-order valence-electron chi connectivity index (χ4n) is 6.56. The Bertz CT molecular complexity index is 1690. The van der Waals surface area contributed by atoms with E-state index in [0.29, 0.717) is 48.1 Å². The molecule has 0 unspecified atom stereocenters. The number of nitrogens with one attached hydrogen (secondary N) is 2. The van der Waals surface area contributed by atoms with E-state index in [-0.39, 0.29) is 0 Å². The van der Waals surface area contributed by atoms with Gasteiger partial charge >= 0.3 is 6.03 Å². The summed E-state index contributed by atoms with van der Waals surface area (Å²) in [5.41, 5.74) is 3.80. The second-order valence-corrected chi connectivity index (χ2v) is 12.3. The molecule has 0 radical (unpaired) electrons. The van der Waals surface area contributed by atoms with Crippen molar-refractivity contribution in [3.05, 3.63) is 78.1 Å². The molecular formula is C33H38FN9O4. The summed E-state index contributed by atoms with van der Waals surface area (Å²) < 4.78 is 26.5. The number of benzene rings is 1.